The fourth-order valence-electron chi connectivity index (χ4n) is 2.83. The number of carbonyl (C=O) groups excluding carboxylic acids is 3. The number of hydrogen-bond acceptors (Lipinski definition) is 4. The summed E-state index contributed by atoms with van der Waals surface area (Å²) in [5, 5.41) is 15.1. The molecule has 1 saturated heterocycles. The van der Waals surface area contributed by atoms with Crippen molar-refractivity contribution in [2.45, 2.75) is 13.3 Å². The van der Waals surface area contributed by atoms with E-state index in [0.29, 0.717) is 18.4 Å². The Labute approximate surface area is 194 Å². The van der Waals surface area contributed by atoms with Crippen LogP contribution in [0.15, 0.2) is 42.1 Å². The van der Waals surface area contributed by atoms with Crippen molar-refractivity contribution in [2.75, 3.05) is 11.9 Å². The molecule has 1 heterocycles. The van der Waals surface area contributed by atoms with Gasteiger partial charge in [0, 0.05) is 5.69 Å². The molecule has 1 aliphatic heterocycles. The van der Waals surface area contributed by atoms with Gasteiger partial charge in [-0.15, -0.1) is 0 Å². The number of anilines is 1. The summed E-state index contributed by atoms with van der Waals surface area (Å²) in [6, 6.07) is 10.1. The lowest BCUT2D eigenvalue weighted by Gasteiger charge is -2.13. The van der Waals surface area contributed by atoms with Crippen LogP contribution in [-0.4, -0.2) is 34.4 Å². The van der Waals surface area contributed by atoms with Crippen LogP contribution in [0.3, 0.4) is 0 Å². The van der Waals surface area contributed by atoms with Crippen LogP contribution in [0, 0.1) is 7.14 Å². The van der Waals surface area contributed by atoms with Crippen LogP contribution in [-0.2, 0) is 16.0 Å². The molecular weight excluding hydrogens is 600 g/mol. The number of halogens is 2. The zero-order chi connectivity index (χ0) is 21.1. The molecule has 0 bridgehead atoms. The molecule has 0 unspecified atom stereocenters. The average molecular weight is 617 g/mol. The number of nitrogens with zero attached hydrogens (tertiary/aromatic N) is 1. The van der Waals surface area contributed by atoms with E-state index in [1.54, 1.807) is 18.2 Å². The highest BCUT2D eigenvalue weighted by Crippen LogP contribution is 2.28. The third-order valence-electron chi connectivity index (χ3n) is 4.29. The van der Waals surface area contributed by atoms with E-state index in [-0.39, 0.29) is 18.0 Å². The molecule has 0 radical (unpaired) electrons. The average Bonchev–Trinajstić information content (AvgIpc) is 2.93. The lowest BCUT2D eigenvalue weighted by Crippen LogP contribution is -2.38. The quantitative estimate of drug-likeness (QED) is 0.271. The molecule has 0 aromatic heterocycles. The maximum Gasteiger partial charge on any atom is 0.329 e. The highest BCUT2D eigenvalue weighted by Gasteiger charge is 2.35. The molecule has 9 heteroatoms. The van der Waals surface area contributed by atoms with Gasteiger partial charge in [0.05, 0.1) is 7.14 Å². The summed E-state index contributed by atoms with van der Waals surface area (Å²) < 4.78 is 1.26. The number of phenolic OH excluding ortho intramolecular Hbond substituents is 1. The molecule has 0 saturated carbocycles. The minimum Gasteiger partial charge on any atom is -0.506 e. The van der Waals surface area contributed by atoms with Crippen LogP contribution >= 0.6 is 45.2 Å². The number of rotatable bonds is 5. The molecule has 0 aliphatic carbocycles. The Hall–Kier alpha value is -2.15. The lowest BCUT2D eigenvalue weighted by molar-refractivity contribution is -0.127. The molecule has 1 fully saturated rings. The van der Waals surface area contributed by atoms with Gasteiger partial charge in [0.1, 0.15) is 18.0 Å². The van der Waals surface area contributed by atoms with Gasteiger partial charge in [0.15, 0.2) is 0 Å². The summed E-state index contributed by atoms with van der Waals surface area (Å²) in [4.78, 5) is 38.1. The van der Waals surface area contributed by atoms with Crippen molar-refractivity contribution in [1.29, 1.82) is 0 Å². The Morgan fingerprint density at radius 1 is 1.21 bits per heavy atom. The molecule has 150 valence electrons. The first-order valence-electron chi connectivity index (χ1n) is 8.70. The molecule has 7 nitrogen and oxygen atoms in total. The Morgan fingerprint density at radius 3 is 2.52 bits per heavy atom. The molecule has 1 aliphatic rings. The highest BCUT2D eigenvalue weighted by molar-refractivity contribution is 14.1. The molecule has 2 aromatic carbocycles. The normalized spacial score (nSPS) is 15.0. The van der Waals surface area contributed by atoms with E-state index in [2.05, 4.69) is 10.6 Å². The molecule has 4 amide bonds. The van der Waals surface area contributed by atoms with Crippen molar-refractivity contribution in [3.8, 4) is 5.75 Å². The fourth-order valence-corrected chi connectivity index (χ4v) is 4.65. The zero-order valence-corrected chi connectivity index (χ0v) is 19.6. The molecule has 3 rings (SSSR count). The second-order valence-electron chi connectivity index (χ2n) is 6.27. The third kappa shape index (κ3) is 4.89. The minimum absolute atomic E-state index is 0.0778. The SMILES string of the molecule is CCc1ccccc1NC(=O)CN1C(=O)N/C(=C/c2cc(I)c(O)c(I)c2)C1=O. The summed E-state index contributed by atoms with van der Waals surface area (Å²) in [6.45, 7) is 1.59. The molecule has 3 N–H and O–H groups in total. The summed E-state index contributed by atoms with van der Waals surface area (Å²) in [5.41, 5.74) is 2.36. The van der Waals surface area contributed by atoms with Crippen molar-refractivity contribution in [3.05, 3.63) is 60.4 Å². The van der Waals surface area contributed by atoms with E-state index in [0.717, 1.165) is 16.9 Å². The van der Waals surface area contributed by atoms with Gasteiger partial charge in [0.2, 0.25) is 5.91 Å². The van der Waals surface area contributed by atoms with Crippen LogP contribution in [0.25, 0.3) is 6.08 Å². The molecule has 0 atom stereocenters. The number of imide groups is 1. The maximum atomic E-state index is 12.6. The van der Waals surface area contributed by atoms with E-state index >= 15 is 0 Å². The predicted octanol–water partition coefficient (Wildman–Crippen LogP) is 3.70. The van der Waals surface area contributed by atoms with Crippen molar-refractivity contribution >= 4 is 74.8 Å². The Bertz CT molecular complexity index is 1010. The second-order valence-corrected chi connectivity index (χ2v) is 8.60. The monoisotopic (exact) mass is 617 g/mol. The first-order chi connectivity index (χ1) is 13.8. The van der Waals surface area contributed by atoms with E-state index in [1.807, 2.05) is 70.3 Å². The Balaban J connectivity index is 1.74. The summed E-state index contributed by atoms with van der Waals surface area (Å²) in [6.07, 6.45) is 2.27. The Morgan fingerprint density at radius 2 is 1.86 bits per heavy atom. The number of hydrogen-bond donors (Lipinski definition) is 3. The topological polar surface area (TPSA) is 98.7 Å². The summed E-state index contributed by atoms with van der Waals surface area (Å²) >= 11 is 3.98. The third-order valence-corrected chi connectivity index (χ3v) is 5.93. The van der Waals surface area contributed by atoms with Crippen LogP contribution in [0.4, 0.5) is 10.5 Å². The van der Waals surface area contributed by atoms with Gasteiger partial charge in [-0.05, 0) is 87.0 Å². The predicted molar refractivity (Wildman–Crippen MR) is 126 cm³/mol. The van der Waals surface area contributed by atoms with Gasteiger partial charge >= 0.3 is 6.03 Å². The van der Waals surface area contributed by atoms with Crippen LogP contribution < -0.4 is 10.6 Å². The molecule has 0 spiro atoms. The largest absolute Gasteiger partial charge is 0.506 e. The Kier molecular flexibility index (Phi) is 6.77. The van der Waals surface area contributed by atoms with E-state index in [1.165, 1.54) is 6.08 Å². The molecular formula is C20H17I2N3O4. The smallest absolute Gasteiger partial charge is 0.329 e. The number of aryl methyl sites for hydroxylation is 1. The first-order valence-corrected chi connectivity index (χ1v) is 10.9. The summed E-state index contributed by atoms with van der Waals surface area (Å²) in [5.74, 6) is -0.864. The summed E-state index contributed by atoms with van der Waals surface area (Å²) in [7, 11) is 0. The number of carbonyl (C=O) groups is 3. The van der Waals surface area contributed by atoms with Crippen LogP contribution in [0.5, 0.6) is 5.75 Å². The van der Waals surface area contributed by atoms with Crippen molar-refractivity contribution in [2.24, 2.45) is 0 Å². The number of urea groups is 1. The minimum atomic E-state index is -0.650. The number of para-hydroxylation sites is 1. The van der Waals surface area contributed by atoms with Crippen molar-refractivity contribution < 1.29 is 19.5 Å². The molecule has 2 aromatic rings. The van der Waals surface area contributed by atoms with Gasteiger partial charge in [-0.3, -0.25) is 9.59 Å². The zero-order valence-electron chi connectivity index (χ0n) is 15.3. The molecule has 29 heavy (non-hydrogen) atoms. The number of amides is 4. The van der Waals surface area contributed by atoms with Crippen LogP contribution in [0.1, 0.15) is 18.1 Å². The van der Waals surface area contributed by atoms with Gasteiger partial charge in [0.25, 0.3) is 5.91 Å². The van der Waals surface area contributed by atoms with Gasteiger partial charge in [-0.25, -0.2) is 9.69 Å². The van der Waals surface area contributed by atoms with Gasteiger partial charge in [-0.2, -0.15) is 0 Å². The van der Waals surface area contributed by atoms with E-state index < -0.39 is 17.8 Å². The van der Waals surface area contributed by atoms with Gasteiger partial charge < -0.3 is 15.7 Å². The van der Waals surface area contributed by atoms with Crippen molar-refractivity contribution in [3.63, 3.8) is 0 Å². The second kappa shape index (κ2) is 9.11. The first kappa shape index (κ1) is 21.6. The lowest BCUT2D eigenvalue weighted by atomic mass is 10.1. The number of nitrogens with one attached hydrogen (secondary N) is 2. The fraction of sp³-hybridized carbons (Fsp3) is 0.150. The number of benzene rings is 2. The van der Waals surface area contributed by atoms with Gasteiger partial charge in [-0.1, -0.05) is 25.1 Å². The maximum absolute atomic E-state index is 12.6. The van der Waals surface area contributed by atoms with Crippen molar-refractivity contribution in [1.82, 2.24) is 10.2 Å². The van der Waals surface area contributed by atoms with E-state index in [4.69, 9.17) is 0 Å². The standard InChI is InChI=1S/C20H17I2N3O4/c1-2-12-5-3-4-6-15(12)23-17(26)10-25-19(28)16(24-20(25)29)9-11-7-13(21)18(27)14(22)8-11/h3-9,27H,2,10H2,1H3,(H,23,26)(H,24,29)/b16-9+. The number of aromatic hydroxyl groups is 1. The number of phenols is 1. The van der Waals surface area contributed by atoms with Crippen LogP contribution in [0.2, 0.25) is 0 Å². The highest BCUT2D eigenvalue weighted by atomic mass is 127. The van der Waals surface area contributed by atoms with E-state index in [9.17, 15) is 19.5 Å².